The molecular formula is C17H22ClNO4. The summed E-state index contributed by atoms with van der Waals surface area (Å²) in [6, 6.07) is 5.38. The molecule has 6 heteroatoms. The number of halogens is 1. The Morgan fingerprint density at radius 1 is 1.35 bits per heavy atom. The zero-order valence-corrected chi connectivity index (χ0v) is 13.8. The zero-order valence-electron chi connectivity index (χ0n) is 13.0. The molecule has 0 radical (unpaired) electrons. The summed E-state index contributed by atoms with van der Waals surface area (Å²) < 4.78 is 5.79. The molecular weight excluding hydrogens is 318 g/mol. The van der Waals surface area contributed by atoms with Gasteiger partial charge in [0.15, 0.2) is 0 Å². The SMILES string of the molecule is O=CNC1(c2cc(Cl)ccc2OCCCC(=O)O)CCCCC1. The number of carbonyl (C=O) groups excluding carboxylic acids is 1. The largest absolute Gasteiger partial charge is 0.493 e. The van der Waals surface area contributed by atoms with Crippen LogP contribution in [0.25, 0.3) is 0 Å². The molecule has 126 valence electrons. The lowest BCUT2D eigenvalue weighted by molar-refractivity contribution is -0.137. The van der Waals surface area contributed by atoms with Crippen LogP contribution >= 0.6 is 11.6 Å². The van der Waals surface area contributed by atoms with Gasteiger partial charge in [-0.2, -0.15) is 0 Å². The van der Waals surface area contributed by atoms with Gasteiger partial charge in [-0.05, 0) is 37.5 Å². The number of aliphatic carboxylic acids is 1. The minimum absolute atomic E-state index is 0.0701. The van der Waals surface area contributed by atoms with Crippen LogP contribution in [-0.2, 0) is 15.1 Å². The predicted octanol–water partition coefficient (Wildman–Crippen LogP) is 3.49. The summed E-state index contributed by atoms with van der Waals surface area (Å²) in [6.07, 6.45) is 6.15. The van der Waals surface area contributed by atoms with Gasteiger partial charge in [-0.1, -0.05) is 30.9 Å². The van der Waals surface area contributed by atoms with Crippen molar-refractivity contribution in [3.05, 3.63) is 28.8 Å². The minimum Gasteiger partial charge on any atom is -0.493 e. The molecule has 0 spiro atoms. The number of carboxylic acid groups (broad SMARTS) is 1. The van der Waals surface area contributed by atoms with E-state index in [4.69, 9.17) is 21.4 Å². The van der Waals surface area contributed by atoms with E-state index < -0.39 is 11.5 Å². The summed E-state index contributed by atoms with van der Waals surface area (Å²) in [5.41, 5.74) is 0.430. The van der Waals surface area contributed by atoms with Crippen LogP contribution in [0.5, 0.6) is 5.75 Å². The molecule has 2 rings (SSSR count). The van der Waals surface area contributed by atoms with Crippen molar-refractivity contribution >= 4 is 24.0 Å². The third kappa shape index (κ3) is 4.61. The maximum Gasteiger partial charge on any atom is 0.303 e. The lowest BCUT2D eigenvalue weighted by atomic mass is 9.76. The van der Waals surface area contributed by atoms with E-state index in [9.17, 15) is 9.59 Å². The second-order valence-electron chi connectivity index (χ2n) is 5.89. The average Bonchev–Trinajstić information content (AvgIpc) is 2.53. The number of benzene rings is 1. The number of carbonyl (C=O) groups is 2. The lowest BCUT2D eigenvalue weighted by Gasteiger charge is -2.38. The van der Waals surface area contributed by atoms with Crippen molar-refractivity contribution in [1.29, 1.82) is 0 Å². The molecule has 0 aliphatic heterocycles. The zero-order chi connectivity index (χ0) is 16.7. The maximum atomic E-state index is 11.1. The first-order chi connectivity index (χ1) is 11.1. The Labute approximate surface area is 141 Å². The highest BCUT2D eigenvalue weighted by Crippen LogP contribution is 2.42. The summed E-state index contributed by atoms with van der Waals surface area (Å²) in [5, 5.41) is 12.3. The quantitative estimate of drug-likeness (QED) is 0.561. The molecule has 23 heavy (non-hydrogen) atoms. The fourth-order valence-corrected chi connectivity index (χ4v) is 3.34. The van der Waals surface area contributed by atoms with Crippen LogP contribution in [0, 0.1) is 0 Å². The normalized spacial score (nSPS) is 16.6. The molecule has 1 aliphatic rings. The van der Waals surface area contributed by atoms with Crippen molar-refractivity contribution in [3.63, 3.8) is 0 Å². The van der Waals surface area contributed by atoms with E-state index in [1.54, 1.807) is 12.1 Å². The van der Waals surface area contributed by atoms with E-state index in [1.807, 2.05) is 6.07 Å². The highest BCUT2D eigenvalue weighted by Gasteiger charge is 2.36. The van der Waals surface area contributed by atoms with Gasteiger partial charge in [-0.3, -0.25) is 9.59 Å². The molecule has 1 aromatic rings. The first-order valence-corrected chi connectivity index (χ1v) is 8.31. The lowest BCUT2D eigenvalue weighted by Crippen LogP contribution is -2.43. The minimum atomic E-state index is -0.837. The molecule has 1 amide bonds. The van der Waals surface area contributed by atoms with Crippen LogP contribution in [-0.4, -0.2) is 24.1 Å². The van der Waals surface area contributed by atoms with Crippen molar-refractivity contribution in [3.8, 4) is 5.75 Å². The van der Waals surface area contributed by atoms with Crippen molar-refractivity contribution in [2.45, 2.75) is 50.5 Å². The number of carboxylic acids is 1. The fraction of sp³-hybridized carbons (Fsp3) is 0.529. The van der Waals surface area contributed by atoms with Gasteiger partial charge in [0.25, 0.3) is 0 Å². The average molecular weight is 340 g/mol. The maximum absolute atomic E-state index is 11.1. The third-order valence-electron chi connectivity index (χ3n) is 4.29. The Kier molecular flexibility index (Phi) is 6.28. The van der Waals surface area contributed by atoms with Crippen molar-refractivity contribution < 1.29 is 19.4 Å². The van der Waals surface area contributed by atoms with Gasteiger partial charge in [0.2, 0.25) is 6.41 Å². The van der Waals surface area contributed by atoms with Crippen LogP contribution in [0.4, 0.5) is 0 Å². The Bertz CT molecular complexity index is 556. The first kappa shape index (κ1) is 17.6. The molecule has 1 fully saturated rings. The molecule has 5 nitrogen and oxygen atoms in total. The highest BCUT2D eigenvalue weighted by molar-refractivity contribution is 6.30. The van der Waals surface area contributed by atoms with Gasteiger partial charge in [0.1, 0.15) is 5.75 Å². The number of amides is 1. The van der Waals surface area contributed by atoms with Gasteiger partial charge in [0.05, 0.1) is 12.1 Å². The van der Waals surface area contributed by atoms with E-state index in [2.05, 4.69) is 5.32 Å². The predicted molar refractivity (Wildman–Crippen MR) is 87.8 cm³/mol. The second-order valence-corrected chi connectivity index (χ2v) is 6.33. The van der Waals surface area contributed by atoms with E-state index >= 15 is 0 Å². The van der Waals surface area contributed by atoms with Crippen LogP contribution in [0.2, 0.25) is 5.02 Å². The Morgan fingerprint density at radius 3 is 2.74 bits per heavy atom. The number of ether oxygens (including phenoxy) is 1. The summed E-state index contributed by atoms with van der Waals surface area (Å²) in [7, 11) is 0. The molecule has 0 aromatic heterocycles. The Balaban J connectivity index is 2.22. The second kappa shape index (κ2) is 8.20. The monoisotopic (exact) mass is 339 g/mol. The van der Waals surface area contributed by atoms with Gasteiger partial charge < -0.3 is 15.2 Å². The van der Waals surface area contributed by atoms with Crippen LogP contribution < -0.4 is 10.1 Å². The van der Waals surface area contributed by atoms with Gasteiger partial charge in [-0.25, -0.2) is 0 Å². The number of nitrogens with one attached hydrogen (secondary N) is 1. The summed E-state index contributed by atoms with van der Waals surface area (Å²) >= 11 is 6.15. The van der Waals surface area contributed by atoms with Gasteiger partial charge in [-0.15, -0.1) is 0 Å². The first-order valence-electron chi connectivity index (χ1n) is 7.93. The molecule has 1 aromatic carbocycles. The van der Waals surface area contributed by atoms with Gasteiger partial charge in [0, 0.05) is 17.0 Å². The Morgan fingerprint density at radius 2 is 2.09 bits per heavy atom. The molecule has 1 saturated carbocycles. The molecule has 2 N–H and O–H groups in total. The van der Waals surface area contributed by atoms with Crippen molar-refractivity contribution in [1.82, 2.24) is 5.32 Å². The number of hydrogen-bond donors (Lipinski definition) is 2. The van der Waals surface area contributed by atoms with Crippen LogP contribution in [0.15, 0.2) is 18.2 Å². The summed E-state index contributed by atoms with van der Waals surface area (Å²) in [5.74, 6) is -0.174. The van der Waals surface area contributed by atoms with Crippen LogP contribution in [0.1, 0.15) is 50.5 Å². The molecule has 0 heterocycles. The van der Waals surface area contributed by atoms with Crippen molar-refractivity contribution in [2.24, 2.45) is 0 Å². The van der Waals surface area contributed by atoms with Crippen LogP contribution in [0.3, 0.4) is 0 Å². The highest BCUT2D eigenvalue weighted by atomic mass is 35.5. The van der Waals surface area contributed by atoms with E-state index in [0.29, 0.717) is 23.8 Å². The van der Waals surface area contributed by atoms with Gasteiger partial charge >= 0.3 is 5.97 Å². The molecule has 1 aliphatic carbocycles. The molecule has 0 unspecified atom stereocenters. The summed E-state index contributed by atoms with van der Waals surface area (Å²) in [6.45, 7) is 0.318. The van der Waals surface area contributed by atoms with E-state index in [1.165, 1.54) is 0 Å². The van der Waals surface area contributed by atoms with E-state index in [-0.39, 0.29) is 6.42 Å². The Hall–Kier alpha value is -1.75. The molecule has 0 atom stereocenters. The van der Waals surface area contributed by atoms with Crippen molar-refractivity contribution in [2.75, 3.05) is 6.61 Å². The standard InChI is InChI=1S/C17H22ClNO4/c18-13-6-7-15(23-10-4-5-16(21)22)14(11-13)17(19-12-20)8-2-1-3-9-17/h6-7,11-12H,1-5,8-10H2,(H,19,20)(H,21,22). The molecule has 0 bridgehead atoms. The number of hydrogen-bond acceptors (Lipinski definition) is 3. The third-order valence-corrected chi connectivity index (χ3v) is 4.53. The molecule has 0 saturated heterocycles. The number of rotatable bonds is 8. The van der Waals surface area contributed by atoms with E-state index in [0.717, 1.165) is 44.1 Å². The smallest absolute Gasteiger partial charge is 0.303 e. The summed E-state index contributed by atoms with van der Waals surface area (Å²) in [4.78, 5) is 21.7. The topological polar surface area (TPSA) is 75.6 Å². The fourth-order valence-electron chi connectivity index (χ4n) is 3.17.